The number of aromatic amines is 1. The molecule has 1 aliphatic heterocycles. The normalized spacial score (nSPS) is 21.7. The number of hydrogen-bond donors (Lipinski definition) is 2. The van der Waals surface area contributed by atoms with Gasteiger partial charge in [0.2, 0.25) is 0 Å². The lowest BCUT2D eigenvalue weighted by Crippen LogP contribution is -2.46. The van der Waals surface area contributed by atoms with Gasteiger partial charge in [0.25, 0.3) is 5.91 Å². The number of phenols is 1. The van der Waals surface area contributed by atoms with Crippen LogP contribution in [0.15, 0.2) is 36.7 Å². The summed E-state index contributed by atoms with van der Waals surface area (Å²) in [6.45, 7) is 2.78. The summed E-state index contributed by atoms with van der Waals surface area (Å²) >= 11 is 0. The number of aromatic nitrogens is 2. The average molecular weight is 347 g/mol. The molecule has 5 rings (SSSR count). The highest BCUT2D eigenvalue weighted by molar-refractivity contribution is 5.97. The fourth-order valence-corrected chi connectivity index (χ4v) is 4.82. The Labute approximate surface area is 151 Å². The molecule has 0 saturated carbocycles. The maximum Gasteiger partial charge on any atom is 0.254 e. The number of piperidine rings is 1. The predicted octanol–water partition coefficient (Wildman–Crippen LogP) is 3.52. The van der Waals surface area contributed by atoms with E-state index >= 15 is 0 Å². The van der Waals surface area contributed by atoms with Crippen molar-refractivity contribution in [3.05, 3.63) is 58.9 Å². The molecule has 2 N–H and O–H groups in total. The Balaban J connectivity index is 1.50. The van der Waals surface area contributed by atoms with Crippen LogP contribution in [0.5, 0.6) is 5.75 Å². The molecule has 1 amide bonds. The van der Waals surface area contributed by atoms with Gasteiger partial charge in [0.05, 0.1) is 17.4 Å². The molecule has 2 aliphatic rings. The van der Waals surface area contributed by atoms with E-state index < -0.39 is 0 Å². The van der Waals surface area contributed by atoms with Crippen LogP contribution in [-0.2, 0) is 6.42 Å². The van der Waals surface area contributed by atoms with Gasteiger partial charge in [0, 0.05) is 24.1 Å². The second-order valence-electron chi connectivity index (χ2n) is 7.44. The topological polar surface area (TPSA) is 69.2 Å². The van der Waals surface area contributed by atoms with E-state index in [-0.39, 0.29) is 11.9 Å². The van der Waals surface area contributed by atoms with Crippen molar-refractivity contribution in [1.82, 2.24) is 14.9 Å². The van der Waals surface area contributed by atoms with E-state index in [1.165, 1.54) is 11.1 Å². The molecule has 1 aromatic heterocycles. The highest BCUT2D eigenvalue weighted by atomic mass is 16.3. The van der Waals surface area contributed by atoms with Gasteiger partial charge in [-0.05, 0) is 67.1 Å². The van der Waals surface area contributed by atoms with Crippen LogP contribution >= 0.6 is 0 Å². The first-order valence-electron chi connectivity index (χ1n) is 9.19. The fraction of sp³-hybridized carbons (Fsp3) is 0.333. The summed E-state index contributed by atoms with van der Waals surface area (Å²) in [5.41, 5.74) is 5.97. The Morgan fingerprint density at radius 3 is 3.08 bits per heavy atom. The first kappa shape index (κ1) is 15.4. The van der Waals surface area contributed by atoms with Crippen molar-refractivity contribution in [3.8, 4) is 5.75 Å². The maximum atomic E-state index is 13.2. The first-order chi connectivity index (χ1) is 12.6. The average Bonchev–Trinajstić information content (AvgIpc) is 3.27. The minimum Gasteiger partial charge on any atom is -0.508 e. The number of aromatic hydroxyl groups is 1. The van der Waals surface area contributed by atoms with E-state index in [9.17, 15) is 9.90 Å². The smallest absolute Gasteiger partial charge is 0.254 e. The number of likely N-dealkylation sites (tertiary alicyclic amines) is 1. The number of carbonyl (C=O) groups excluding carboxylic acids is 1. The molecule has 0 bridgehead atoms. The molecule has 0 unspecified atom stereocenters. The van der Waals surface area contributed by atoms with Gasteiger partial charge < -0.3 is 15.0 Å². The van der Waals surface area contributed by atoms with E-state index in [2.05, 4.69) is 9.97 Å². The van der Waals surface area contributed by atoms with Crippen LogP contribution in [0.2, 0.25) is 0 Å². The molecule has 5 heteroatoms. The van der Waals surface area contributed by atoms with E-state index in [0.717, 1.165) is 42.4 Å². The zero-order valence-corrected chi connectivity index (χ0v) is 14.7. The Morgan fingerprint density at radius 2 is 2.19 bits per heavy atom. The molecule has 0 spiro atoms. The number of imidazole rings is 1. The minimum atomic E-state index is 0.0827. The van der Waals surface area contributed by atoms with Gasteiger partial charge in [-0.3, -0.25) is 4.79 Å². The van der Waals surface area contributed by atoms with Crippen LogP contribution < -0.4 is 0 Å². The fourth-order valence-electron chi connectivity index (χ4n) is 4.82. The van der Waals surface area contributed by atoms with Crippen LogP contribution in [0, 0.1) is 6.92 Å². The molecular formula is C21H21N3O2. The lowest BCUT2D eigenvalue weighted by Gasteiger charge is -2.38. The van der Waals surface area contributed by atoms with Gasteiger partial charge in [-0.15, -0.1) is 0 Å². The third kappa shape index (κ3) is 2.16. The number of amides is 1. The molecule has 5 nitrogen and oxygen atoms in total. The monoisotopic (exact) mass is 347 g/mol. The lowest BCUT2D eigenvalue weighted by atomic mass is 9.86. The molecule has 132 valence electrons. The van der Waals surface area contributed by atoms with Crippen molar-refractivity contribution in [2.45, 2.75) is 38.1 Å². The Hall–Kier alpha value is -2.82. The summed E-state index contributed by atoms with van der Waals surface area (Å²) in [5, 5.41) is 10.1. The number of phenolic OH excluding ortho intramolecular Hbond substituents is 1. The van der Waals surface area contributed by atoms with Gasteiger partial charge in [0.1, 0.15) is 5.75 Å². The third-order valence-electron chi connectivity index (χ3n) is 6.08. The summed E-state index contributed by atoms with van der Waals surface area (Å²) in [4.78, 5) is 22.6. The van der Waals surface area contributed by atoms with Crippen LogP contribution in [-0.4, -0.2) is 38.5 Å². The van der Waals surface area contributed by atoms with Crippen molar-refractivity contribution < 1.29 is 9.90 Å². The van der Waals surface area contributed by atoms with E-state index in [1.54, 1.807) is 12.4 Å². The van der Waals surface area contributed by atoms with Gasteiger partial charge in [-0.1, -0.05) is 6.07 Å². The third-order valence-corrected chi connectivity index (χ3v) is 6.08. The SMILES string of the molecule is Cc1c(O)ccc2c1[C@@H]1CCCN(C(=O)c3ccc4[nH]cnc4c3)[C@@H]1C2. The summed E-state index contributed by atoms with van der Waals surface area (Å²) in [5.74, 6) is 0.764. The van der Waals surface area contributed by atoms with Gasteiger partial charge in [-0.2, -0.15) is 0 Å². The van der Waals surface area contributed by atoms with Crippen LogP contribution in [0.25, 0.3) is 11.0 Å². The Bertz CT molecular complexity index is 1020. The largest absolute Gasteiger partial charge is 0.508 e. The Morgan fingerprint density at radius 1 is 1.31 bits per heavy atom. The van der Waals surface area contributed by atoms with Crippen molar-refractivity contribution in [2.24, 2.45) is 0 Å². The highest BCUT2D eigenvalue weighted by Crippen LogP contribution is 2.45. The van der Waals surface area contributed by atoms with Crippen molar-refractivity contribution in [2.75, 3.05) is 6.54 Å². The van der Waals surface area contributed by atoms with E-state index in [0.29, 0.717) is 17.2 Å². The lowest BCUT2D eigenvalue weighted by molar-refractivity contribution is 0.0595. The summed E-state index contributed by atoms with van der Waals surface area (Å²) in [6.07, 6.45) is 4.59. The number of rotatable bonds is 1. The van der Waals surface area contributed by atoms with Crippen molar-refractivity contribution in [1.29, 1.82) is 0 Å². The predicted molar refractivity (Wildman–Crippen MR) is 99.4 cm³/mol. The van der Waals surface area contributed by atoms with Gasteiger partial charge in [-0.25, -0.2) is 4.98 Å². The standard InChI is InChI=1S/C21H21N3O2/c1-12-19(25)7-5-13-10-18-15(20(12)13)3-2-8-24(18)21(26)14-4-6-16-17(9-14)23-11-22-16/h4-7,9,11,15,18,25H,2-3,8,10H2,1H3,(H,22,23)/t15-,18-/m1/s1. The van der Waals surface area contributed by atoms with Gasteiger partial charge in [0.15, 0.2) is 0 Å². The highest BCUT2D eigenvalue weighted by Gasteiger charge is 2.42. The summed E-state index contributed by atoms with van der Waals surface area (Å²) in [6, 6.07) is 9.66. The number of hydrogen-bond acceptors (Lipinski definition) is 3. The molecule has 1 fully saturated rings. The van der Waals surface area contributed by atoms with Gasteiger partial charge >= 0.3 is 0 Å². The molecule has 2 aromatic carbocycles. The first-order valence-corrected chi connectivity index (χ1v) is 9.19. The van der Waals surface area contributed by atoms with Crippen LogP contribution in [0.3, 0.4) is 0 Å². The molecule has 26 heavy (non-hydrogen) atoms. The molecule has 3 aromatic rings. The van der Waals surface area contributed by atoms with Crippen molar-refractivity contribution in [3.63, 3.8) is 0 Å². The molecule has 0 radical (unpaired) electrons. The van der Waals surface area contributed by atoms with Crippen LogP contribution in [0.1, 0.15) is 45.8 Å². The zero-order chi connectivity index (χ0) is 17.8. The van der Waals surface area contributed by atoms with Crippen LogP contribution in [0.4, 0.5) is 0 Å². The summed E-state index contributed by atoms with van der Waals surface area (Å²) < 4.78 is 0. The molecule has 1 saturated heterocycles. The molecule has 2 atom stereocenters. The van der Waals surface area contributed by atoms with E-state index in [4.69, 9.17) is 0 Å². The number of H-pyrrole nitrogens is 1. The zero-order valence-electron chi connectivity index (χ0n) is 14.7. The minimum absolute atomic E-state index is 0.0827. The summed E-state index contributed by atoms with van der Waals surface area (Å²) in [7, 11) is 0. The second-order valence-corrected chi connectivity index (χ2v) is 7.44. The quantitative estimate of drug-likeness (QED) is 0.708. The molecule has 1 aliphatic carbocycles. The number of fused-ring (bicyclic) bond motifs is 4. The maximum absolute atomic E-state index is 13.2. The number of nitrogens with one attached hydrogen (secondary N) is 1. The molecular weight excluding hydrogens is 326 g/mol. The van der Waals surface area contributed by atoms with E-state index in [1.807, 2.05) is 36.1 Å². The second kappa shape index (κ2) is 5.59. The molecule has 2 heterocycles. The van der Waals surface area contributed by atoms with Crippen molar-refractivity contribution >= 4 is 16.9 Å². The Kier molecular flexibility index (Phi) is 3.32. The number of benzene rings is 2. The number of nitrogens with zero attached hydrogens (tertiary/aromatic N) is 2. The number of carbonyl (C=O) groups is 1.